The lowest BCUT2D eigenvalue weighted by Crippen LogP contribution is -2.40. The van der Waals surface area contributed by atoms with Crippen LogP contribution in [-0.4, -0.2) is 58.9 Å². The van der Waals surface area contributed by atoms with E-state index in [2.05, 4.69) is 5.32 Å². The molecule has 0 bridgehead atoms. The first-order valence-electron chi connectivity index (χ1n) is 9.93. The summed E-state index contributed by atoms with van der Waals surface area (Å²) < 4.78 is 36.0. The highest BCUT2D eigenvalue weighted by Crippen LogP contribution is 2.32. The lowest BCUT2D eigenvalue weighted by molar-refractivity contribution is -0.119. The summed E-state index contributed by atoms with van der Waals surface area (Å²) in [5, 5.41) is 3.58. The van der Waals surface area contributed by atoms with E-state index in [0.29, 0.717) is 23.7 Å². The number of hydrogen-bond acceptors (Lipinski definition) is 6. The predicted octanol–water partition coefficient (Wildman–Crippen LogP) is 3.04. The van der Waals surface area contributed by atoms with E-state index in [1.807, 2.05) is 11.8 Å². The van der Waals surface area contributed by atoms with Gasteiger partial charge in [0.2, 0.25) is 15.9 Å². The fourth-order valence-electron chi connectivity index (χ4n) is 3.35. The molecule has 1 amide bonds. The Bertz CT molecular complexity index is 764. The van der Waals surface area contributed by atoms with E-state index < -0.39 is 10.0 Å². The molecular formula is C20H32N2O5S2. The van der Waals surface area contributed by atoms with E-state index in [-0.39, 0.29) is 12.5 Å². The van der Waals surface area contributed by atoms with Crippen LogP contribution < -0.4 is 19.1 Å². The molecule has 1 aromatic rings. The van der Waals surface area contributed by atoms with Gasteiger partial charge in [0.15, 0.2) is 11.5 Å². The normalized spacial score (nSPS) is 15.0. The number of carbonyl (C=O) groups is 1. The topological polar surface area (TPSA) is 84.9 Å². The number of nitrogens with zero attached hydrogens (tertiary/aromatic N) is 1. The van der Waals surface area contributed by atoms with E-state index in [0.717, 1.165) is 28.0 Å². The molecule has 1 aliphatic rings. The molecule has 1 fully saturated rings. The molecule has 0 unspecified atom stereocenters. The highest BCUT2D eigenvalue weighted by Gasteiger charge is 2.22. The van der Waals surface area contributed by atoms with E-state index in [1.165, 1.54) is 46.3 Å². The average molecular weight is 445 g/mol. The second kappa shape index (κ2) is 11.5. The molecule has 0 heterocycles. The quantitative estimate of drug-likeness (QED) is 0.528. The van der Waals surface area contributed by atoms with Gasteiger partial charge in [0, 0.05) is 17.9 Å². The Morgan fingerprint density at radius 3 is 2.48 bits per heavy atom. The lowest BCUT2D eigenvalue weighted by Gasteiger charge is -2.23. The number of anilines is 1. The summed E-state index contributed by atoms with van der Waals surface area (Å²) in [4.78, 5) is 12.3. The second-order valence-corrected chi connectivity index (χ2v) is 10.5. The number of methoxy groups -OCH3 is 2. The maximum atomic E-state index is 12.3. The third-order valence-corrected chi connectivity index (χ3v) is 7.50. The molecule has 0 radical (unpaired) electrons. The van der Waals surface area contributed by atoms with Crippen LogP contribution in [0, 0.1) is 0 Å². The van der Waals surface area contributed by atoms with E-state index in [9.17, 15) is 13.2 Å². The molecular weight excluding hydrogens is 412 g/mol. The van der Waals surface area contributed by atoms with Crippen LogP contribution >= 0.6 is 11.8 Å². The molecule has 0 saturated heterocycles. The number of rotatable bonds is 11. The summed E-state index contributed by atoms with van der Waals surface area (Å²) >= 11 is 1.99. The summed E-state index contributed by atoms with van der Waals surface area (Å²) in [5.74, 6) is 1.58. The van der Waals surface area contributed by atoms with Crippen LogP contribution in [0.25, 0.3) is 0 Å². The van der Waals surface area contributed by atoms with Gasteiger partial charge < -0.3 is 14.8 Å². The maximum Gasteiger partial charge on any atom is 0.240 e. The van der Waals surface area contributed by atoms with Crippen molar-refractivity contribution in [3.63, 3.8) is 0 Å². The average Bonchev–Trinajstić information content (AvgIpc) is 2.71. The Hall–Kier alpha value is -1.61. The fraction of sp³-hybridized carbons (Fsp3) is 0.650. The number of hydrogen-bond donors (Lipinski definition) is 1. The van der Waals surface area contributed by atoms with Gasteiger partial charge in [-0.25, -0.2) is 8.42 Å². The number of nitrogens with one attached hydrogen (secondary N) is 1. The van der Waals surface area contributed by atoms with Gasteiger partial charge in [-0.3, -0.25) is 9.10 Å². The largest absolute Gasteiger partial charge is 0.493 e. The van der Waals surface area contributed by atoms with Crippen molar-refractivity contribution in [2.75, 3.05) is 43.6 Å². The third kappa shape index (κ3) is 7.62. The highest BCUT2D eigenvalue weighted by atomic mass is 32.2. The molecule has 1 aliphatic carbocycles. The van der Waals surface area contributed by atoms with Crippen molar-refractivity contribution >= 4 is 33.4 Å². The molecule has 2 rings (SSSR count). The van der Waals surface area contributed by atoms with E-state index in [4.69, 9.17) is 9.47 Å². The Kier molecular flexibility index (Phi) is 9.42. The molecule has 7 nitrogen and oxygen atoms in total. The number of thioether (sulfide) groups is 1. The number of carbonyl (C=O) groups excluding carboxylic acids is 1. The summed E-state index contributed by atoms with van der Waals surface area (Å²) in [6, 6.07) is 4.76. The minimum atomic E-state index is -3.64. The highest BCUT2D eigenvalue weighted by molar-refractivity contribution is 7.99. The van der Waals surface area contributed by atoms with Crippen LogP contribution in [0.15, 0.2) is 18.2 Å². The van der Waals surface area contributed by atoms with Crippen molar-refractivity contribution in [3.05, 3.63) is 18.2 Å². The van der Waals surface area contributed by atoms with Crippen molar-refractivity contribution in [2.24, 2.45) is 0 Å². The first-order valence-corrected chi connectivity index (χ1v) is 12.8. The van der Waals surface area contributed by atoms with Gasteiger partial charge in [0.1, 0.15) is 6.54 Å². The van der Waals surface area contributed by atoms with Crippen molar-refractivity contribution in [2.45, 2.75) is 43.8 Å². The van der Waals surface area contributed by atoms with Gasteiger partial charge in [-0.05, 0) is 37.1 Å². The van der Waals surface area contributed by atoms with E-state index >= 15 is 0 Å². The zero-order valence-electron chi connectivity index (χ0n) is 17.5. The number of amides is 1. The molecule has 1 N–H and O–H groups in total. The van der Waals surface area contributed by atoms with Gasteiger partial charge in [0.25, 0.3) is 0 Å². The Balaban J connectivity index is 1.87. The lowest BCUT2D eigenvalue weighted by atomic mass is 10.0. The van der Waals surface area contributed by atoms with Gasteiger partial charge in [-0.15, -0.1) is 0 Å². The number of ether oxygens (including phenoxy) is 2. The predicted molar refractivity (Wildman–Crippen MR) is 119 cm³/mol. The summed E-state index contributed by atoms with van der Waals surface area (Å²) in [6.07, 6.45) is 8.55. The Labute approximate surface area is 178 Å². The van der Waals surface area contributed by atoms with Crippen LogP contribution in [0.1, 0.15) is 38.5 Å². The minimum Gasteiger partial charge on any atom is -0.493 e. The van der Waals surface area contributed by atoms with Crippen LogP contribution in [0.5, 0.6) is 11.5 Å². The smallest absolute Gasteiger partial charge is 0.240 e. The molecule has 29 heavy (non-hydrogen) atoms. The Morgan fingerprint density at radius 2 is 1.86 bits per heavy atom. The molecule has 1 saturated carbocycles. The minimum absolute atomic E-state index is 0.274. The van der Waals surface area contributed by atoms with Gasteiger partial charge in [-0.1, -0.05) is 19.3 Å². The molecule has 0 aromatic heterocycles. The maximum absolute atomic E-state index is 12.3. The standard InChI is InChI=1S/C20H32N2O5S2/c1-26-18-11-10-16(14-19(18)27-2)22(29(3,24)25)15-20(23)21-12-7-13-28-17-8-5-4-6-9-17/h10-11,14,17H,4-9,12-13,15H2,1-3H3,(H,21,23). The first kappa shape index (κ1) is 23.7. The van der Waals surface area contributed by atoms with Crippen molar-refractivity contribution in [1.82, 2.24) is 5.32 Å². The molecule has 0 atom stereocenters. The van der Waals surface area contributed by atoms with Crippen molar-refractivity contribution < 1.29 is 22.7 Å². The molecule has 1 aromatic carbocycles. The fourth-order valence-corrected chi connectivity index (χ4v) is 5.51. The number of benzene rings is 1. The molecule has 164 valence electrons. The SMILES string of the molecule is COc1ccc(N(CC(=O)NCCCSC2CCCCC2)S(C)(=O)=O)cc1OC. The summed E-state index contributed by atoms with van der Waals surface area (Å²) in [6.45, 7) is 0.270. The molecule has 0 aliphatic heterocycles. The third-order valence-electron chi connectivity index (χ3n) is 4.89. The first-order chi connectivity index (χ1) is 13.8. The van der Waals surface area contributed by atoms with Crippen molar-refractivity contribution in [3.8, 4) is 11.5 Å². The van der Waals surface area contributed by atoms with Gasteiger partial charge >= 0.3 is 0 Å². The van der Waals surface area contributed by atoms with Gasteiger partial charge in [0.05, 0.1) is 26.2 Å². The van der Waals surface area contributed by atoms with Crippen LogP contribution in [0.4, 0.5) is 5.69 Å². The zero-order valence-corrected chi connectivity index (χ0v) is 19.1. The summed E-state index contributed by atoms with van der Waals surface area (Å²) in [5.41, 5.74) is 0.355. The molecule has 9 heteroatoms. The second-order valence-electron chi connectivity index (χ2n) is 7.14. The van der Waals surface area contributed by atoms with Crippen LogP contribution in [0.2, 0.25) is 0 Å². The zero-order chi connectivity index (χ0) is 21.3. The van der Waals surface area contributed by atoms with Gasteiger partial charge in [-0.2, -0.15) is 11.8 Å². The number of sulfonamides is 1. The monoisotopic (exact) mass is 444 g/mol. The Morgan fingerprint density at radius 1 is 1.17 bits per heavy atom. The summed E-state index contributed by atoms with van der Waals surface area (Å²) in [7, 11) is -0.653. The van der Waals surface area contributed by atoms with Crippen LogP contribution in [-0.2, 0) is 14.8 Å². The molecule has 0 spiro atoms. The van der Waals surface area contributed by atoms with Crippen LogP contribution in [0.3, 0.4) is 0 Å². The van der Waals surface area contributed by atoms with E-state index in [1.54, 1.807) is 18.2 Å². The van der Waals surface area contributed by atoms with Crippen molar-refractivity contribution in [1.29, 1.82) is 0 Å².